The van der Waals surface area contributed by atoms with E-state index >= 15 is 0 Å². The molecule has 1 saturated heterocycles. The first-order valence-corrected chi connectivity index (χ1v) is 7.90. The minimum absolute atomic E-state index is 0. The average Bonchev–Trinajstić information content (AvgIpc) is 2.88. The number of benzene rings is 1. The molecule has 1 aromatic carbocycles. The summed E-state index contributed by atoms with van der Waals surface area (Å²) >= 11 is 0. The van der Waals surface area contributed by atoms with Gasteiger partial charge in [-0.3, -0.25) is 4.79 Å². The normalized spacial score (nSPS) is 20.3. The molecule has 0 radical (unpaired) electrons. The standard InChI is InChI=1S/C17H21FN4O.ClH/c1-11-8-13(6-7-19-11)17(23)20-16-9-12(2)22(21-16)15-5-3-4-14(18)10-15;/h3-5,9-11,13,19H,6-8H2,1-2H3,(H,20,21,23);1H/t11-,13-;/m0./s1. The third-order valence-corrected chi connectivity index (χ3v) is 4.19. The fourth-order valence-electron chi connectivity index (χ4n) is 3.00. The Morgan fingerprint density at radius 1 is 1.42 bits per heavy atom. The van der Waals surface area contributed by atoms with E-state index in [2.05, 4.69) is 22.7 Å². The average molecular weight is 353 g/mol. The van der Waals surface area contributed by atoms with E-state index in [1.807, 2.05) is 6.92 Å². The highest BCUT2D eigenvalue weighted by Gasteiger charge is 2.25. The van der Waals surface area contributed by atoms with Gasteiger partial charge in [-0.1, -0.05) is 6.07 Å². The summed E-state index contributed by atoms with van der Waals surface area (Å²) in [6.45, 7) is 4.82. The number of halogens is 2. The molecule has 7 heteroatoms. The predicted octanol–water partition coefficient (Wildman–Crippen LogP) is 3.07. The maximum absolute atomic E-state index is 13.4. The SMILES string of the molecule is Cc1cc(NC(=O)[C@H]2CCN[C@@H](C)C2)nn1-c1cccc(F)c1.Cl. The van der Waals surface area contributed by atoms with E-state index in [4.69, 9.17) is 0 Å². The van der Waals surface area contributed by atoms with Crippen molar-refractivity contribution in [2.45, 2.75) is 32.7 Å². The van der Waals surface area contributed by atoms with Gasteiger partial charge in [0.1, 0.15) is 5.82 Å². The Morgan fingerprint density at radius 2 is 2.21 bits per heavy atom. The number of piperidine rings is 1. The van der Waals surface area contributed by atoms with E-state index in [0.29, 0.717) is 17.5 Å². The van der Waals surface area contributed by atoms with Crippen LogP contribution in [0.2, 0.25) is 0 Å². The number of hydrogen-bond acceptors (Lipinski definition) is 3. The first kappa shape index (κ1) is 18.4. The van der Waals surface area contributed by atoms with Crippen LogP contribution >= 0.6 is 12.4 Å². The van der Waals surface area contributed by atoms with Gasteiger partial charge in [0, 0.05) is 23.7 Å². The van der Waals surface area contributed by atoms with Crippen molar-refractivity contribution in [3.63, 3.8) is 0 Å². The molecule has 0 bridgehead atoms. The molecule has 24 heavy (non-hydrogen) atoms. The molecular formula is C17H22ClFN4O. The summed E-state index contributed by atoms with van der Waals surface area (Å²) in [4.78, 5) is 12.4. The quantitative estimate of drug-likeness (QED) is 0.892. The third-order valence-electron chi connectivity index (χ3n) is 4.19. The molecular weight excluding hydrogens is 331 g/mol. The van der Waals surface area contributed by atoms with Gasteiger partial charge in [0.2, 0.25) is 5.91 Å². The van der Waals surface area contributed by atoms with Crippen molar-refractivity contribution in [1.82, 2.24) is 15.1 Å². The van der Waals surface area contributed by atoms with E-state index in [1.165, 1.54) is 12.1 Å². The molecule has 0 saturated carbocycles. The Balaban J connectivity index is 0.00000208. The lowest BCUT2D eigenvalue weighted by molar-refractivity contribution is -0.120. The molecule has 0 unspecified atom stereocenters. The number of nitrogens with one attached hydrogen (secondary N) is 2. The molecule has 0 aliphatic carbocycles. The first-order chi connectivity index (χ1) is 11.0. The number of anilines is 1. The van der Waals surface area contributed by atoms with Crippen LogP contribution < -0.4 is 10.6 Å². The summed E-state index contributed by atoms with van der Waals surface area (Å²) in [7, 11) is 0. The second-order valence-electron chi connectivity index (χ2n) is 6.13. The molecule has 2 aromatic rings. The lowest BCUT2D eigenvalue weighted by Crippen LogP contribution is -2.40. The zero-order valence-electron chi connectivity index (χ0n) is 13.8. The number of rotatable bonds is 3. The fourth-order valence-corrected chi connectivity index (χ4v) is 3.00. The smallest absolute Gasteiger partial charge is 0.228 e. The maximum Gasteiger partial charge on any atom is 0.228 e. The van der Waals surface area contributed by atoms with Crippen molar-refractivity contribution in [2.75, 3.05) is 11.9 Å². The third kappa shape index (κ3) is 4.13. The van der Waals surface area contributed by atoms with E-state index < -0.39 is 0 Å². The fraction of sp³-hybridized carbons (Fsp3) is 0.412. The van der Waals surface area contributed by atoms with Crippen LogP contribution in [0.15, 0.2) is 30.3 Å². The number of nitrogens with zero attached hydrogens (tertiary/aromatic N) is 2. The number of hydrogen-bond donors (Lipinski definition) is 2. The molecule has 1 amide bonds. The van der Waals surface area contributed by atoms with Gasteiger partial charge in [0.25, 0.3) is 0 Å². The monoisotopic (exact) mass is 352 g/mol. The predicted molar refractivity (Wildman–Crippen MR) is 94.3 cm³/mol. The Morgan fingerprint density at radius 3 is 2.92 bits per heavy atom. The largest absolute Gasteiger partial charge is 0.314 e. The lowest BCUT2D eigenvalue weighted by atomic mass is 9.92. The van der Waals surface area contributed by atoms with Gasteiger partial charge < -0.3 is 10.6 Å². The molecule has 1 aliphatic heterocycles. The number of aromatic nitrogens is 2. The number of carbonyl (C=O) groups is 1. The van der Waals surface area contributed by atoms with Crippen LogP contribution in [0.5, 0.6) is 0 Å². The molecule has 2 atom stereocenters. The highest BCUT2D eigenvalue weighted by molar-refractivity contribution is 5.91. The van der Waals surface area contributed by atoms with E-state index in [1.54, 1.807) is 22.9 Å². The summed E-state index contributed by atoms with van der Waals surface area (Å²) in [5.41, 5.74) is 1.48. The van der Waals surface area contributed by atoms with Crippen LogP contribution in [-0.2, 0) is 4.79 Å². The zero-order chi connectivity index (χ0) is 16.4. The number of aryl methyl sites for hydroxylation is 1. The van der Waals surface area contributed by atoms with E-state index in [0.717, 1.165) is 25.1 Å². The van der Waals surface area contributed by atoms with Gasteiger partial charge in [0.05, 0.1) is 5.69 Å². The molecule has 1 aromatic heterocycles. The second kappa shape index (κ2) is 7.77. The molecule has 0 spiro atoms. The summed E-state index contributed by atoms with van der Waals surface area (Å²) in [6, 6.07) is 8.38. The van der Waals surface area contributed by atoms with Gasteiger partial charge in [-0.25, -0.2) is 9.07 Å². The van der Waals surface area contributed by atoms with Crippen molar-refractivity contribution in [3.8, 4) is 5.69 Å². The topological polar surface area (TPSA) is 59.0 Å². The summed E-state index contributed by atoms with van der Waals surface area (Å²) < 4.78 is 15.0. The molecule has 2 heterocycles. The van der Waals surface area contributed by atoms with Crippen molar-refractivity contribution in [3.05, 3.63) is 41.8 Å². The molecule has 1 fully saturated rings. The van der Waals surface area contributed by atoms with E-state index in [9.17, 15) is 9.18 Å². The van der Waals surface area contributed by atoms with Gasteiger partial charge >= 0.3 is 0 Å². The van der Waals surface area contributed by atoms with Crippen molar-refractivity contribution in [1.29, 1.82) is 0 Å². The lowest BCUT2D eigenvalue weighted by Gasteiger charge is -2.26. The summed E-state index contributed by atoms with van der Waals surface area (Å²) in [5.74, 6) is 0.197. The first-order valence-electron chi connectivity index (χ1n) is 7.90. The van der Waals surface area contributed by atoms with Crippen molar-refractivity contribution >= 4 is 24.1 Å². The van der Waals surface area contributed by atoms with Gasteiger partial charge in [-0.2, -0.15) is 0 Å². The van der Waals surface area contributed by atoms with Crippen LogP contribution in [-0.4, -0.2) is 28.3 Å². The molecule has 3 rings (SSSR count). The maximum atomic E-state index is 13.4. The number of amides is 1. The number of carbonyl (C=O) groups excluding carboxylic acids is 1. The molecule has 130 valence electrons. The van der Waals surface area contributed by atoms with Crippen LogP contribution in [0.1, 0.15) is 25.5 Å². The Bertz CT molecular complexity index is 718. The van der Waals surface area contributed by atoms with Crippen LogP contribution in [0.3, 0.4) is 0 Å². The summed E-state index contributed by atoms with van der Waals surface area (Å²) in [5, 5.41) is 10.6. The van der Waals surface area contributed by atoms with Crippen LogP contribution in [0, 0.1) is 18.7 Å². The Hall–Kier alpha value is -1.92. The molecule has 2 N–H and O–H groups in total. The molecule has 5 nitrogen and oxygen atoms in total. The Labute approximate surface area is 147 Å². The zero-order valence-corrected chi connectivity index (χ0v) is 14.6. The molecule has 1 aliphatic rings. The van der Waals surface area contributed by atoms with Crippen LogP contribution in [0.25, 0.3) is 5.69 Å². The minimum atomic E-state index is -0.313. The highest BCUT2D eigenvalue weighted by Crippen LogP contribution is 2.20. The van der Waals surface area contributed by atoms with Gasteiger partial charge in [-0.05, 0) is 51.4 Å². The summed E-state index contributed by atoms with van der Waals surface area (Å²) in [6.07, 6.45) is 1.66. The Kier molecular flexibility index (Phi) is 5.96. The highest BCUT2D eigenvalue weighted by atomic mass is 35.5. The van der Waals surface area contributed by atoms with E-state index in [-0.39, 0.29) is 30.0 Å². The second-order valence-corrected chi connectivity index (χ2v) is 6.13. The van der Waals surface area contributed by atoms with Crippen molar-refractivity contribution in [2.24, 2.45) is 5.92 Å². The minimum Gasteiger partial charge on any atom is -0.314 e. The van der Waals surface area contributed by atoms with Crippen LogP contribution in [0.4, 0.5) is 10.2 Å². The van der Waals surface area contributed by atoms with Crippen molar-refractivity contribution < 1.29 is 9.18 Å². The van der Waals surface area contributed by atoms with Gasteiger partial charge in [0.15, 0.2) is 5.82 Å². The van der Waals surface area contributed by atoms with Gasteiger partial charge in [-0.15, -0.1) is 17.5 Å².